The van der Waals surface area contributed by atoms with Crippen LogP contribution < -0.4 is 14.8 Å². The molecule has 1 heterocycles. The highest BCUT2D eigenvalue weighted by Gasteiger charge is 2.26. The SMILES string of the molecule is CCC1NCCN(CCOc2ccccc2OC)C1=O. The number of hydrogen-bond acceptors (Lipinski definition) is 4. The molecule has 0 spiro atoms. The molecule has 1 aromatic rings. The van der Waals surface area contributed by atoms with Gasteiger partial charge in [0.15, 0.2) is 11.5 Å². The van der Waals surface area contributed by atoms with Gasteiger partial charge in [-0.2, -0.15) is 0 Å². The fourth-order valence-electron chi connectivity index (χ4n) is 2.34. The summed E-state index contributed by atoms with van der Waals surface area (Å²) in [4.78, 5) is 14.0. The summed E-state index contributed by atoms with van der Waals surface area (Å²) in [6, 6.07) is 7.49. The topological polar surface area (TPSA) is 50.8 Å². The first-order valence-corrected chi connectivity index (χ1v) is 7.04. The maximum Gasteiger partial charge on any atom is 0.239 e. The Morgan fingerprint density at radius 1 is 1.35 bits per heavy atom. The molecular weight excluding hydrogens is 256 g/mol. The Morgan fingerprint density at radius 3 is 2.80 bits per heavy atom. The van der Waals surface area contributed by atoms with Crippen molar-refractivity contribution in [1.29, 1.82) is 0 Å². The number of nitrogens with one attached hydrogen (secondary N) is 1. The zero-order chi connectivity index (χ0) is 14.4. The van der Waals surface area contributed by atoms with E-state index in [0.717, 1.165) is 19.5 Å². The Morgan fingerprint density at radius 2 is 2.10 bits per heavy atom. The second-order valence-corrected chi connectivity index (χ2v) is 4.74. The summed E-state index contributed by atoms with van der Waals surface area (Å²) in [6.07, 6.45) is 0.822. The van der Waals surface area contributed by atoms with Crippen LogP contribution in [0, 0.1) is 0 Å². The van der Waals surface area contributed by atoms with Crippen LogP contribution in [0.1, 0.15) is 13.3 Å². The van der Waals surface area contributed by atoms with Crippen LogP contribution in [0.2, 0.25) is 0 Å². The van der Waals surface area contributed by atoms with Crippen molar-refractivity contribution in [2.45, 2.75) is 19.4 Å². The van der Waals surface area contributed by atoms with E-state index in [1.165, 1.54) is 0 Å². The fraction of sp³-hybridized carbons (Fsp3) is 0.533. The van der Waals surface area contributed by atoms with Crippen molar-refractivity contribution in [3.05, 3.63) is 24.3 Å². The average Bonchev–Trinajstić information content (AvgIpc) is 2.49. The number of hydrogen-bond donors (Lipinski definition) is 1. The molecule has 0 bridgehead atoms. The van der Waals surface area contributed by atoms with Crippen LogP contribution in [-0.2, 0) is 4.79 Å². The minimum Gasteiger partial charge on any atom is -0.493 e. The zero-order valence-electron chi connectivity index (χ0n) is 12.1. The Labute approximate surface area is 119 Å². The molecule has 0 radical (unpaired) electrons. The van der Waals surface area contributed by atoms with Crippen LogP contribution in [-0.4, -0.2) is 50.2 Å². The molecule has 1 atom stereocenters. The van der Waals surface area contributed by atoms with Gasteiger partial charge in [-0.3, -0.25) is 4.79 Å². The molecule has 1 N–H and O–H groups in total. The molecule has 1 saturated heterocycles. The smallest absolute Gasteiger partial charge is 0.239 e. The van der Waals surface area contributed by atoms with Crippen molar-refractivity contribution in [2.75, 3.05) is 33.4 Å². The number of carbonyl (C=O) groups excluding carboxylic acids is 1. The third kappa shape index (κ3) is 3.42. The minimum atomic E-state index is -0.0463. The second-order valence-electron chi connectivity index (χ2n) is 4.74. The van der Waals surface area contributed by atoms with Gasteiger partial charge in [-0.1, -0.05) is 19.1 Å². The summed E-state index contributed by atoms with van der Waals surface area (Å²) in [7, 11) is 1.62. The van der Waals surface area contributed by atoms with Crippen LogP contribution in [0.3, 0.4) is 0 Å². The molecule has 1 unspecified atom stereocenters. The number of carbonyl (C=O) groups is 1. The normalized spacial score (nSPS) is 19.0. The summed E-state index contributed by atoms with van der Waals surface area (Å²) in [6.45, 7) is 4.69. The third-order valence-electron chi connectivity index (χ3n) is 3.48. The minimum absolute atomic E-state index is 0.0463. The highest BCUT2D eigenvalue weighted by molar-refractivity contribution is 5.82. The third-order valence-corrected chi connectivity index (χ3v) is 3.48. The van der Waals surface area contributed by atoms with Gasteiger partial charge in [-0.15, -0.1) is 0 Å². The summed E-state index contributed by atoms with van der Waals surface area (Å²) >= 11 is 0. The summed E-state index contributed by atoms with van der Waals surface area (Å²) in [5.41, 5.74) is 0. The van der Waals surface area contributed by atoms with E-state index in [1.54, 1.807) is 7.11 Å². The highest BCUT2D eigenvalue weighted by Crippen LogP contribution is 2.25. The van der Waals surface area contributed by atoms with E-state index in [1.807, 2.05) is 36.1 Å². The number of amides is 1. The van der Waals surface area contributed by atoms with Crippen molar-refractivity contribution in [2.24, 2.45) is 0 Å². The van der Waals surface area contributed by atoms with Crippen molar-refractivity contribution in [1.82, 2.24) is 10.2 Å². The van der Waals surface area contributed by atoms with Gasteiger partial charge in [-0.05, 0) is 18.6 Å². The summed E-state index contributed by atoms with van der Waals surface area (Å²) in [5, 5.41) is 3.22. The first-order valence-electron chi connectivity index (χ1n) is 7.04. The monoisotopic (exact) mass is 278 g/mol. The van der Waals surface area contributed by atoms with Crippen LogP contribution in [0.15, 0.2) is 24.3 Å². The zero-order valence-corrected chi connectivity index (χ0v) is 12.1. The van der Waals surface area contributed by atoms with Crippen molar-refractivity contribution < 1.29 is 14.3 Å². The fourth-order valence-corrected chi connectivity index (χ4v) is 2.34. The first kappa shape index (κ1) is 14.7. The molecule has 1 aliphatic heterocycles. The van der Waals surface area contributed by atoms with E-state index in [0.29, 0.717) is 24.7 Å². The number of rotatable bonds is 6. The largest absolute Gasteiger partial charge is 0.493 e. The van der Waals surface area contributed by atoms with Gasteiger partial charge in [0, 0.05) is 13.1 Å². The lowest BCUT2D eigenvalue weighted by atomic mass is 10.1. The number of methoxy groups -OCH3 is 1. The predicted molar refractivity (Wildman–Crippen MR) is 77.2 cm³/mol. The van der Waals surface area contributed by atoms with Crippen molar-refractivity contribution in [3.63, 3.8) is 0 Å². The molecule has 1 amide bonds. The molecule has 110 valence electrons. The molecule has 0 aliphatic carbocycles. The van der Waals surface area contributed by atoms with Crippen LogP contribution in [0.4, 0.5) is 0 Å². The second kappa shape index (κ2) is 7.14. The van der Waals surface area contributed by atoms with E-state index in [-0.39, 0.29) is 11.9 Å². The lowest BCUT2D eigenvalue weighted by Gasteiger charge is -2.32. The molecular formula is C15H22N2O3. The molecule has 1 aliphatic rings. The molecule has 0 saturated carbocycles. The van der Waals surface area contributed by atoms with Crippen LogP contribution >= 0.6 is 0 Å². The predicted octanol–water partition coefficient (Wildman–Crippen LogP) is 1.28. The average molecular weight is 278 g/mol. The molecule has 5 heteroatoms. The van der Waals surface area contributed by atoms with Gasteiger partial charge < -0.3 is 19.7 Å². The Balaban J connectivity index is 1.85. The summed E-state index contributed by atoms with van der Waals surface area (Å²) < 4.78 is 10.9. The molecule has 20 heavy (non-hydrogen) atoms. The van der Waals surface area contributed by atoms with Crippen LogP contribution in [0.25, 0.3) is 0 Å². The van der Waals surface area contributed by atoms with E-state index >= 15 is 0 Å². The number of piperazine rings is 1. The van der Waals surface area contributed by atoms with E-state index in [4.69, 9.17) is 9.47 Å². The molecule has 0 aromatic heterocycles. The molecule has 2 rings (SSSR count). The Kier molecular flexibility index (Phi) is 5.24. The summed E-state index contributed by atoms with van der Waals surface area (Å²) in [5.74, 6) is 1.59. The maximum absolute atomic E-state index is 12.1. The highest BCUT2D eigenvalue weighted by atomic mass is 16.5. The Bertz CT molecular complexity index is 450. The standard InChI is InChI=1S/C15H22N2O3/c1-3-12-15(18)17(9-8-16-12)10-11-20-14-7-5-4-6-13(14)19-2/h4-7,12,16H,3,8-11H2,1-2H3. The number of ether oxygens (including phenoxy) is 2. The van der Waals surface area contributed by atoms with Gasteiger partial charge in [0.25, 0.3) is 0 Å². The van der Waals surface area contributed by atoms with Gasteiger partial charge >= 0.3 is 0 Å². The number of benzene rings is 1. The Hall–Kier alpha value is -1.75. The first-order chi connectivity index (χ1) is 9.76. The molecule has 1 fully saturated rings. The lowest BCUT2D eigenvalue weighted by molar-refractivity contribution is -0.136. The van der Waals surface area contributed by atoms with Gasteiger partial charge in [0.1, 0.15) is 6.61 Å². The van der Waals surface area contributed by atoms with Crippen molar-refractivity contribution >= 4 is 5.91 Å². The molecule has 5 nitrogen and oxygen atoms in total. The number of nitrogens with zero attached hydrogens (tertiary/aromatic N) is 1. The molecule has 1 aromatic carbocycles. The van der Waals surface area contributed by atoms with E-state index in [2.05, 4.69) is 5.32 Å². The quantitative estimate of drug-likeness (QED) is 0.852. The van der Waals surface area contributed by atoms with Gasteiger partial charge in [0.2, 0.25) is 5.91 Å². The van der Waals surface area contributed by atoms with E-state index < -0.39 is 0 Å². The number of para-hydroxylation sites is 2. The van der Waals surface area contributed by atoms with Crippen LogP contribution in [0.5, 0.6) is 11.5 Å². The van der Waals surface area contributed by atoms with Gasteiger partial charge in [-0.25, -0.2) is 0 Å². The van der Waals surface area contributed by atoms with E-state index in [9.17, 15) is 4.79 Å². The maximum atomic E-state index is 12.1. The van der Waals surface area contributed by atoms with Crippen molar-refractivity contribution in [3.8, 4) is 11.5 Å². The lowest BCUT2D eigenvalue weighted by Crippen LogP contribution is -2.55. The van der Waals surface area contributed by atoms with Gasteiger partial charge in [0.05, 0.1) is 19.7 Å².